The highest BCUT2D eigenvalue weighted by Crippen LogP contribution is 2.22. The fourth-order valence-corrected chi connectivity index (χ4v) is 3.54. The molecule has 0 aromatic heterocycles. The third-order valence-corrected chi connectivity index (χ3v) is 5.46. The van der Waals surface area contributed by atoms with Crippen molar-refractivity contribution in [1.82, 2.24) is 5.32 Å². The van der Waals surface area contributed by atoms with Crippen LogP contribution in [0.1, 0.15) is 31.8 Å². The van der Waals surface area contributed by atoms with Crippen LogP contribution in [0, 0.1) is 13.8 Å². The van der Waals surface area contributed by atoms with Crippen LogP contribution >= 0.6 is 0 Å². The van der Waals surface area contributed by atoms with Gasteiger partial charge in [-0.2, -0.15) is 0 Å². The maximum absolute atomic E-state index is 12.6. The Hall–Kier alpha value is -4.45. The Kier molecular flexibility index (Phi) is 6.17. The van der Waals surface area contributed by atoms with Gasteiger partial charge < -0.3 is 10.6 Å². The number of aryl methyl sites for hydroxylation is 2. The molecule has 4 amide bonds. The number of urea groups is 1. The van der Waals surface area contributed by atoms with Crippen molar-refractivity contribution in [2.45, 2.75) is 13.8 Å². The number of rotatable bonds is 4. The predicted molar refractivity (Wildman–Crippen MR) is 131 cm³/mol. The third-order valence-electron chi connectivity index (χ3n) is 5.46. The lowest BCUT2D eigenvalue weighted by molar-refractivity contribution is 0.0965. The molecule has 0 fully saturated rings. The minimum absolute atomic E-state index is 0.303. The van der Waals surface area contributed by atoms with Crippen molar-refractivity contribution in [3.05, 3.63) is 107 Å². The normalized spacial score (nSPS) is 10.5. The lowest BCUT2D eigenvalue weighted by atomic mass is 9.99. The highest BCUT2D eigenvalue weighted by molar-refractivity contribution is 6.10. The number of fused-ring (bicyclic) bond motifs is 1. The average molecular weight is 437 g/mol. The van der Waals surface area contributed by atoms with E-state index in [1.54, 1.807) is 48.5 Å². The number of carbonyl (C=O) groups is 3. The smallest absolute Gasteiger partial charge is 0.322 e. The molecule has 0 unspecified atom stereocenters. The molecular formula is C27H23N3O3. The summed E-state index contributed by atoms with van der Waals surface area (Å²) in [7, 11) is 0. The largest absolute Gasteiger partial charge is 0.326 e. The Morgan fingerprint density at radius 2 is 1.36 bits per heavy atom. The van der Waals surface area contributed by atoms with Crippen LogP contribution in [0.25, 0.3) is 10.8 Å². The van der Waals surface area contributed by atoms with Crippen LogP contribution < -0.4 is 16.0 Å². The van der Waals surface area contributed by atoms with Gasteiger partial charge in [-0.15, -0.1) is 0 Å². The van der Waals surface area contributed by atoms with Crippen molar-refractivity contribution >= 4 is 40.0 Å². The van der Waals surface area contributed by atoms with E-state index in [1.807, 2.05) is 50.2 Å². The molecule has 0 aliphatic heterocycles. The first-order valence-corrected chi connectivity index (χ1v) is 10.5. The van der Waals surface area contributed by atoms with Gasteiger partial charge in [0.25, 0.3) is 11.8 Å². The number of anilines is 2. The summed E-state index contributed by atoms with van der Waals surface area (Å²) < 4.78 is 0. The molecule has 0 aliphatic rings. The van der Waals surface area contributed by atoms with E-state index in [1.165, 1.54) is 5.56 Å². The topological polar surface area (TPSA) is 87.3 Å². The zero-order chi connectivity index (χ0) is 23.4. The molecule has 0 aliphatic carbocycles. The predicted octanol–water partition coefficient (Wildman–Crippen LogP) is 5.67. The minimum Gasteiger partial charge on any atom is -0.322 e. The fraction of sp³-hybridized carbons (Fsp3) is 0.0741. The third kappa shape index (κ3) is 5.07. The Balaban J connectivity index is 1.42. The Bertz CT molecular complexity index is 1360. The van der Waals surface area contributed by atoms with E-state index in [2.05, 4.69) is 16.0 Å². The first kappa shape index (κ1) is 21.8. The number of carbonyl (C=O) groups excluding carboxylic acids is 3. The van der Waals surface area contributed by atoms with Gasteiger partial charge in [-0.05, 0) is 78.2 Å². The summed E-state index contributed by atoms with van der Waals surface area (Å²) in [6.07, 6.45) is 0. The maximum atomic E-state index is 12.6. The molecule has 0 atom stereocenters. The molecule has 0 radical (unpaired) electrons. The number of imide groups is 1. The van der Waals surface area contributed by atoms with E-state index in [-0.39, 0.29) is 5.91 Å². The van der Waals surface area contributed by atoms with Crippen LogP contribution in [0.5, 0.6) is 0 Å². The van der Waals surface area contributed by atoms with Crippen molar-refractivity contribution in [3.63, 3.8) is 0 Å². The van der Waals surface area contributed by atoms with Crippen molar-refractivity contribution in [1.29, 1.82) is 0 Å². The molecule has 0 spiro atoms. The average Bonchev–Trinajstić information content (AvgIpc) is 2.82. The zero-order valence-corrected chi connectivity index (χ0v) is 18.3. The summed E-state index contributed by atoms with van der Waals surface area (Å²) in [4.78, 5) is 37.4. The highest BCUT2D eigenvalue weighted by atomic mass is 16.2. The van der Waals surface area contributed by atoms with Crippen molar-refractivity contribution in [3.8, 4) is 0 Å². The van der Waals surface area contributed by atoms with E-state index >= 15 is 0 Å². The second-order valence-electron chi connectivity index (χ2n) is 7.75. The van der Waals surface area contributed by atoms with Gasteiger partial charge in [0.1, 0.15) is 0 Å². The molecule has 3 N–H and O–H groups in total. The van der Waals surface area contributed by atoms with Gasteiger partial charge in [-0.25, -0.2) is 4.79 Å². The summed E-state index contributed by atoms with van der Waals surface area (Å²) in [6.45, 7) is 4.08. The summed E-state index contributed by atoms with van der Waals surface area (Å²) >= 11 is 0. The van der Waals surface area contributed by atoms with Gasteiger partial charge in [-0.3, -0.25) is 14.9 Å². The van der Waals surface area contributed by atoms with E-state index in [0.29, 0.717) is 22.5 Å². The number of hydrogen-bond acceptors (Lipinski definition) is 3. The number of nitrogens with one attached hydrogen (secondary N) is 3. The quantitative estimate of drug-likeness (QED) is 0.384. The van der Waals surface area contributed by atoms with Gasteiger partial charge >= 0.3 is 6.03 Å². The standard InChI is InChI=1S/C27H23N3O3/c1-17-11-12-19-15-21(13-14-24(19)18(17)2)26(32)30-27(33)29-23-10-6-7-20(16-23)25(31)28-22-8-4-3-5-9-22/h3-16H,1-2H3,(H,28,31)(H2,29,30,32,33). The van der Waals surface area contributed by atoms with Crippen LogP contribution in [0.4, 0.5) is 16.2 Å². The second-order valence-corrected chi connectivity index (χ2v) is 7.75. The zero-order valence-electron chi connectivity index (χ0n) is 18.3. The molecule has 4 aromatic carbocycles. The Morgan fingerprint density at radius 1 is 0.636 bits per heavy atom. The van der Waals surface area contributed by atoms with Crippen LogP contribution in [0.2, 0.25) is 0 Å². The van der Waals surface area contributed by atoms with E-state index in [9.17, 15) is 14.4 Å². The van der Waals surface area contributed by atoms with Crippen molar-refractivity contribution in [2.75, 3.05) is 10.6 Å². The van der Waals surface area contributed by atoms with E-state index in [0.717, 1.165) is 16.3 Å². The minimum atomic E-state index is -0.680. The lowest BCUT2D eigenvalue weighted by Gasteiger charge is -2.10. The molecule has 4 aromatic rings. The first-order valence-electron chi connectivity index (χ1n) is 10.5. The second kappa shape index (κ2) is 9.36. The molecular weight excluding hydrogens is 414 g/mol. The molecule has 0 bridgehead atoms. The van der Waals surface area contributed by atoms with Crippen LogP contribution in [-0.2, 0) is 0 Å². The molecule has 0 saturated carbocycles. The molecule has 0 saturated heterocycles. The van der Waals surface area contributed by atoms with Crippen LogP contribution in [-0.4, -0.2) is 17.8 Å². The summed E-state index contributed by atoms with van der Waals surface area (Å²) in [5.41, 5.74) is 4.17. The number of hydrogen-bond donors (Lipinski definition) is 3. The monoisotopic (exact) mass is 437 g/mol. The van der Waals surface area contributed by atoms with Gasteiger partial charge in [0, 0.05) is 22.5 Å². The van der Waals surface area contributed by atoms with Gasteiger partial charge in [-0.1, -0.05) is 42.5 Å². The molecule has 33 heavy (non-hydrogen) atoms. The Morgan fingerprint density at radius 3 is 2.15 bits per heavy atom. The van der Waals surface area contributed by atoms with Crippen LogP contribution in [0.15, 0.2) is 84.9 Å². The number of benzene rings is 4. The van der Waals surface area contributed by atoms with Gasteiger partial charge in [0.15, 0.2) is 0 Å². The van der Waals surface area contributed by atoms with Crippen LogP contribution in [0.3, 0.4) is 0 Å². The fourth-order valence-electron chi connectivity index (χ4n) is 3.54. The van der Waals surface area contributed by atoms with Gasteiger partial charge in [0.05, 0.1) is 0 Å². The highest BCUT2D eigenvalue weighted by Gasteiger charge is 2.13. The lowest BCUT2D eigenvalue weighted by Crippen LogP contribution is -2.34. The molecule has 164 valence electrons. The molecule has 6 heteroatoms. The van der Waals surface area contributed by atoms with Crippen molar-refractivity contribution < 1.29 is 14.4 Å². The molecule has 6 nitrogen and oxygen atoms in total. The maximum Gasteiger partial charge on any atom is 0.326 e. The summed E-state index contributed by atoms with van der Waals surface area (Å²) in [6, 6.07) is 24.2. The first-order chi connectivity index (χ1) is 15.9. The molecule has 4 rings (SSSR count). The number of para-hydroxylation sites is 1. The summed E-state index contributed by atoms with van der Waals surface area (Å²) in [5, 5.41) is 9.74. The number of amides is 4. The Labute approximate surface area is 191 Å². The molecule has 0 heterocycles. The SMILES string of the molecule is Cc1ccc2cc(C(=O)NC(=O)Nc3cccc(C(=O)Nc4ccccc4)c3)ccc2c1C. The van der Waals surface area contributed by atoms with Crippen molar-refractivity contribution in [2.24, 2.45) is 0 Å². The van der Waals surface area contributed by atoms with E-state index in [4.69, 9.17) is 0 Å². The summed E-state index contributed by atoms with van der Waals surface area (Å²) in [5.74, 6) is -0.811. The van der Waals surface area contributed by atoms with Gasteiger partial charge in [0.2, 0.25) is 0 Å². The van der Waals surface area contributed by atoms with E-state index < -0.39 is 11.9 Å².